The van der Waals surface area contributed by atoms with Crippen LogP contribution in [0.15, 0.2) is 22.8 Å². The Morgan fingerprint density at radius 1 is 1.23 bits per heavy atom. The smallest absolute Gasteiger partial charge is 0.337 e. The lowest BCUT2D eigenvalue weighted by Gasteiger charge is -2.52. The first-order chi connectivity index (χ1) is 12.0. The minimum absolute atomic E-state index is 0.0509. The van der Waals surface area contributed by atoms with E-state index in [4.69, 9.17) is 14.2 Å². The van der Waals surface area contributed by atoms with E-state index in [1.165, 1.54) is 19.9 Å². The number of ether oxygens (including phenoxy) is 3. The molecule has 7 heteroatoms. The molecule has 1 saturated carbocycles. The summed E-state index contributed by atoms with van der Waals surface area (Å²) in [6, 6.07) is 0. The van der Waals surface area contributed by atoms with Crippen LogP contribution < -0.4 is 0 Å². The monoisotopic (exact) mass is 362 g/mol. The summed E-state index contributed by atoms with van der Waals surface area (Å²) in [5, 5.41) is 0. The van der Waals surface area contributed by atoms with E-state index < -0.39 is 35.2 Å². The zero-order valence-electron chi connectivity index (χ0n) is 15.5. The first-order valence-electron chi connectivity index (χ1n) is 8.56. The minimum Gasteiger partial charge on any atom is -0.457 e. The van der Waals surface area contributed by atoms with Crippen LogP contribution in [0.3, 0.4) is 0 Å². The Morgan fingerprint density at radius 3 is 2.46 bits per heavy atom. The Balaban J connectivity index is 2.26. The van der Waals surface area contributed by atoms with Crippen LogP contribution in [-0.4, -0.2) is 35.6 Å². The van der Waals surface area contributed by atoms with Crippen molar-refractivity contribution in [3.63, 3.8) is 0 Å². The van der Waals surface area contributed by atoms with Gasteiger partial charge in [0, 0.05) is 31.3 Å². The van der Waals surface area contributed by atoms with E-state index >= 15 is 0 Å². The number of rotatable bonds is 2. The lowest BCUT2D eigenvalue weighted by Crippen LogP contribution is -2.57. The molecule has 1 fully saturated rings. The fraction of sp³-hybridized carbons (Fsp3) is 0.579. The van der Waals surface area contributed by atoms with Crippen molar-refractivity contribution in [2.75, 3.05) is 0 Å². The van der Waals surface area contributed by atoms with Gasteiger partial charge >= 0.3 is 17.9 Å². The van der Waals surface area contributed by atoms with Gasteiger partial charge in [0.15, 0.2) is 5.78 Å². The standard InChI is InChI=1S/C19H22O7/c1-9-6-14(22)7-13-8-19(25-12(4)21)15(10(2)17(23)26-19)16(18(9,13)5)24-11(3)20/h7,9,16H,6,8H2,1-5H3/t9-,16+,18+,19-/m0/s1. The normalized spacial score (nSPS) is 36.0. The Morgan fingerprint density at radius 2 is 1.88 bits per heavy atom. The Kier molecular flexibility index (Phi) is 4.09. The Bertz CT molecular complexity index is 790. The van der Waals surface area contributed by atoms with Gasteiger partial charge in [-0.1, -0.05) is 13.8 Å². The number of carbonyl (C=O) groups is 4. The van der Waals surface area contributed by atoms with E-state index in [0.29, 0.717) is 17.6 Å². The summed E-state index contributed by atoms with van der Waals surface area (Å²) in [4.78, 5) is 48.0. The van der Waals surface area contributed by atoms with Crippen LogP contribution in [0, 0.1) is 11.3 Å². The van der Waals surface area contributed by atoms with E-state index in [1.54, 1.807) is 6.92 Å². The molecule has 0 aromatic carbocycles. The number of allylic oxidation sites excluding steroid dienone is 1. The molecule has 2 aliphatic carbocycles. The molecule has 0 spiro atoms. The third-order valence-corrected chi connectivity index (χ3v) is 5.76. The van der Waals surface area contributed by atoms with Gasteiger partial charge in [-0.05, 0) is 24.5 Å². The number of esters is 3. The summed E-state index contributed by atoms with van der Waals surface area (Å²) in [7, 11) is 0. The molecule has 0 unspecified atom stereocenters. The lowest BCUT2D eigenvalue weighted by molar-refractivity contribution is -0.217. The highest BCUT2D eigenvalue weighted by atomic mass is 16.7. The molecule has 1 heterocycles. The van der Waals surface area contributed by atoms with Crippen molar-refractivity contribution in [3.05, 3.63) is 22.8 Å². The molecule has 4 atom stereocenters. The average molecular weight is 362 g/mol. The van der Waals surface area contributed by atoms with Gasteiger partial charge in [0.05, 0.1) is 12.0 Å². The van der Waals surface area contributed by atoms with Crippen LogP contribution in [0.2, 0.25) is 0 Å². The molecule has 3 rings (SSSR count). The van der Waals surface area contributed by atoms with Crippen LogP contribution in [0.5, 0.6) is 0 Å². The highest BCUT2D eigenvalue weighted by Gasteiger charge is 2.65. The van der Waals surface area contributed by atoms with Crippen molar-refractivity contribution in [1.82, 2.24) is 0 Å². The summed E-state index contributed by atoms with van der Waals surface area (Å²) in [5.74, 6) is -3.65. The van der Waals surface area contributed by atoms with Gasteiger partial charge < -0.3 is 14.2 Å². The fourth-order valence-electron chi connectivity index (χ4n) is 4.35. The summed E-state index contributed by atoms with van der Waals surface area (Å²) in [5.41, 5.74) is 0.573. The molecule has 26 heavy (non-hydrogen) atoms. The Hall–Kier alpha value is -2.44. The molecule has 0 amide bonds. The molecule has 0 saturated heterocycles. The summed E-state index contributed by atoms with van der Waals surface area (Å²) in [6.07, 6.45) is 0.989. The molecule has 140 valence electrons. The highest BCUT2D eigenvalue weighted by Crippen LogP contribution is 2.59. The number of ketones is 1. The maximum absolute atomic E-state index is 12.3. The number of hydrogen-bond acceptors (Lipinski definition) is 7. The molecule has 0 aromatic heterocycles. The highest BCUT2D eigenvalue weighted by molar-refractivity contribution is 5.95. The molecule has 1 aliphatic heterocycles. The van der Waals surface area contributed by atoms with Crippen LogP contribution in [-0.2, 0) is 33.4 Å². The van der Waals surface area contributed by atoms with Gasteiger partial charge in [-0.25, -0.2) is 4.79 Å². The van der Waals surface area contributed by atoms with Gasteiger partial charge in [0.25, 0.3) is 5.79 Å². The van der Waals surface area contributed by atoms with Gasteiger partial charge in [0.1, 0.15) is 6.10 Å². The van der Waals surface area contributed by atoms with Crippen molar-refractivity contribution in [2.24, 2.45) is 11.3 Å². The van der Waals surface area contributed by atoms with Gasteiger partial charge in [0.2, 0.25) is 0 Å². The number of carbonyl (C=O) groups excluding carboxylic acids is 4. The first-order valence-corrected chi connectivity index (χ1v) is 8.56. The second-order valence-corrected chi connectivity index (χ2v) is 7.46. The predicted molar refractivity (Wildman–Crippen MR) is 88.4 cm³/mol. The third kappa shape index (κ3) is 2.48. The van der Waals surface area contributed by atoms with Gasteiger partial charge in [-0.2, -0.15) is 0 Å². The maximum atomic E-state index is 12.3. The molecule has 0 aromatic rings. The second-order valence-electron chi connectivity index (χ2n) is 7.46. The van der Waals surface area contributed by atoms with Crippen molar-refractivity contribution < 1.29 is 33.4 Å². The maximum Gasteiger partial charge on any atom is 0.337 e. The Labute approximate surface area is 151 Å². The molecule has 7 nitrogen and oxygen atoms in total. The van der Waals surface area contributed by atoms with E-state index in [2.05, 4.69) is 0 Å². The van der Waals surface area contributed by atoms with E-state index in [-0.39, 0.29) is 23.7 Å². The quantitative estimate of drug-likeness (QED) is 0.693. The summed E-state index contributed by atoms with van der Waals surface area (Å²) in [6.45, 7) is 7.88. The average Bonchev–Trinajstić information content (AvgIpc) is 2.71. The van der Waals surface area contributed by atoms with Gasteiger partial charge in [-0.3, -0.25) is 14.4 Å². The van der Waals surface area contributed by atoms with Crippen molar-refractivity contribution in [2.45, 2.75) is 59.4 Å². The minimum atomic E-state index is -1.67. The lowest BCUT2D eigenvalue weighted by atomic mass is 9.56. The predicted octanol–water partition coefficient (Wildman–Crippen LogP) is 2.00. The van der Waals surface area contributed by atoms with E-state index in [1.807, 2.05) is 13.8 Å². The molecular formula is C19H22O7. The van der Waals surface area contributed by atoms with Crippen molar-refractivity contribution in [1.29, 1.82) is 0 Å². The summed E-state index contributed by atoms with van der Waals surface area (Å²) >= 11 is 0. The fourth-order valence-corrected chi connectivity index (χ4v) is 4.35. The van der Waals surface area contributed by atoms with Crippen molar-refractivity contribution >= 4 is 23.7 Å². The zero-order valence-corrected chi connectivity index (χ0v) is 15.5. The van der Waals surface area contributed by atoms with Gasteiger partial charge in [-0.15, -0.1) is 0 Å². The molecule has 0 bridgehead atoms. The number of fused-ring (bicyclic) bond motifs is 2. The summed E-state index contributed by atoms with van der Waals surface area (Å²) < 4.78 is 16.5. The van der Waals surface area contributed by atoms with E-state index in [9.17, 15) is 19.2 Å². The van der Waals surface area contributed by atoms with Crippen LogP contribution in [0.1, 0.15) is 47.5 Å². The topological polar surface area (TPSA) is 96.0 Å². The second kappa shape index (κ2) is 5.79. The van der Waals surface area contributed by atoms with E-state index in [0.717, 1.165) is 0 Å². The largest absolute Gasteiger partial charge is 0.457 e. The molecule has 0 radical (unpaired) electrons. The molecular weight excluding hydrogens is 340 g/mol. The van der Waals surface area contributed by atoms with Crippen LogP contribution in [0.25, 0.3) is 0 Å². The third-order valence-electron chi connectivity index (χ3n) is 5.76. The molecule has 3 aliphatic rings. The first kappa shape index (κ1) is 18.4. The number of hydrogen-bond donors (Lipinski definition) is 0. The van der Waals surface area contributed by atoms with Crippen LogP contribution >= 0.6 is 0 Å². The van der Waals surface area contributed by atoms with Crippen LogP contribution in [0.4, 0.5) is 0 Å². The zero-order chi connectivity index (χ0) is 19.4. The van der Waals surface area contributed by atoms with Crippen molar-refractivity contribution in [3.8, 4) is 0 Å². The molecule has 0 N–H and O–H groups in total. The SMILES string of the molecule is CC(=O)O[C@@H]1C2=C(C)C(=O)O[C@@]2(OC(C)=O)CC2=CC(=O)C[C@H](C)[C@]21C.